The van der Waals surface area contributed by atoms with Gasteiger partial charge in [-0.15, -0.1) is 0 Å². The molecule has 28 heavy (non-hydrogen) atoms. The number of aromatic nitrogens is 3. The van der Waals surface area contributed by atoms with E-state index >= 15 is 0 Å². The Balaban J connectivity index is 1.61. The third-order valence-electron chi connectivity index (χ3n) is 5.73. The van der Waals surface area contributed by atoms with Crippen molar-refractivity contribution in [1.29, 1.82) is 0 Å². The summed E-state index contributed by atoms with van der Waals surface area (Å²) >= 11 is 0. The first-order valence-electron chi connectivity index (χ1n) is 10.0. The Labute approximate surface area is 165 Å². The maximum atomic E-state index is 12.8. The van der Waals surface area contributed by atoms with Gasteiger partial charge < -0.3 is 14.5 Å². The minimum atomic E-state index is 0.0459. The van der Waals surface area contributed by atoms with Gasteiger partial charge in [-0.25, -0.2) is 9.97 Å². The van der Waals surface area contributed by atoms with E-state index in [9.17, 15) is 4.79 Å². The van der Waals surface area contributed by atoms with Gasteiger partial charge in [0.05, 0.1) is 17.2 Å². The number of amides is 1. The van der Waals surface area contributed by atoms with Crippen LogP contribution in [-0.4, -0.2) is 51.4 Å². The number of anilines is 1. The highest BCUT2D eigenvalue weighted by atomic mass is 16.5. The summed E-state index contributed by atoms with van der Waals surface area (Å²) in [5.41, 5.74) is 1.71. The van der Waals surface area contributed by atoms with Crippen molar-refractivity contribution >= 4 is 11.7 Å². The Morgan fingerprint density at radius 2 is 2.04 bits per heavy atom. The standard InChI is InChI=1S/C21H27N5O2/c1-4-10-26-17-8-7-16(21(26)27)11-25(12-17)19-14(2)20(24-13-23-19)28-18-6-5-9-22-15(18)3/h5-6,9,13,16-17H,4,7-8,10-12H2,1-3H3/t16-,17+/m0/s1. The molecule has 3 saturated heterocycles. The summed E-state index contributed by atoms with van der Waals surface area (Å²) in [7, 11) is 0. The lowest BCUT2D eigenvalue weighted by atomic mass is 9.94. The number of carbonyl (C=O) groups excluding carboxylic acids is 1. The lowest BCUT2D eigenvalue weighted by Gasteiger charge is -2.35. The number of pyridine rings is 1. The van der Waals surface area contributed by atoms with Gasteiger partial charge >= 0.3 is 0 Å². The normalized spacial score (nSPS) is 21.8. The number of fused-ring (bicyclic) bond motifs is 4. The molecule has 0 saturated carbocycles. The molecule has 7 heteroatoms. The number of carbonyl (C=O) groups is 1. The van der Waals surface area contributed by atoms with Crippen molar-refractivity contribution in [3.63, 3.8) is 0 Å². The fourth-order valence-electron chi connectivity index (χ4n) is 4.28. The van der Waals surface area contributed by atoms with Gasteiger partial charge in [0, 0.05) is 31.9 Å². The average molecular weight is 381 g/mol. The van der Waals surface area contributed by atoms with Crippen LogP contribution in [0, 0.1) is 19.8 Å². The molecule has 3 aliphatic rings. The molecule has 2 aromatic rings. The molecule has 1 amide bonds. The number of aryl methyl sites for hydroxylation is 1. The first kappa shape index (κ1) is 18.7. The second-order valence-corrected chi connectivity index (χ2v) is 7.68. The first-order chi connectivity index (χ1) is 13.6. The predicted molar refractivity (Wildman–Crippen MR) is 107 cm³/mol. The summed E-state index contributed by atoms with van der Waals surface area (Å²) in [6.45, 7) is 8.37. The fourth-order valence-corrected chi connectivity index (χ4v) is 4.28. The quantitative estimate of drug-likeness (QED) is 0.792. The summed E-state index contributed by atoms with van der Waals surface area (Å²) in [6, 6.07) is 3.99. The number of ether oxygens (including phenoxy) is 1. The smallest absolute Gasteiger partial charge is 0.227 e. The Morgan fingerprint density at radius 1 is 1.18 bits per heavy atom. The molecule has 3 fully saturated rings. The van der Waals surface area contributed by atoms with Crippen LogP contribution in [0.2, 0.25) is 0 Å². The monoisotopic (exact) mass is 381 g/mol. The van der Waals surface area contributed by atoms with Crippen molar-refractivity contribution in [2.75, 3.05) is 24.5 Å². The largest absolute Gasteiger partial charge is 0.437 e. The Kier molecular flexibility index (Phi) is 5.15. The average Bonchev–Trinajstić information content (AvgIpc) is 2.98. The molecule has 2 aromatic heterocycles. The SMILES string of the molecule is CCCN1C(=O)[C@H]2CC[C@@H]1CN(c1ncnc(Oc3cccnc3C)c1C)C2. The number of piperidine rings is 1. The van der Waals surface area contributed by atoms with Gasteiger partial charge in [-0.2, -0.15) is 0 Å². The zero-order valence-electron chi connectivity index (χ0n) is 16.8. The highest BCUT2D eigenvalue weighted by Gasteiger charge is 2.41. The van der Waals surface area contributed by atoms with Crippen molar-refractivity contribution in [1.82, 2.24) is 19.9 Å². The molecule has 5 rings (SSSR count). The van der Waals surface area contributed by atoms with E-state index in [1.165, 1.54) is 0 Å². The van der Waals surface area contributed by atoms with Crippen molar-refractivity contribution in [3.8, 4) is 11.6 Å². The molecule has 0 aromatic carbocycles. The second kappa shape index (κ2) is 7.73. The van der Waals surface area contributed by atoms with Crippen molar-refractivity contribution in [3.05, 3.63) is 35.9 Å². The minimum Gasteiger partial charge on any atom is -0.437 e. The van der Waals surface area contributed by atoms with E-state index in [-0.39, 0.29) is 12.0 Å². The maximum Gasteiger partial charge on any atom is 0.227 e. The van der Waals surface area contributed by atoms with E-state index in [0.717, 1.165) is 49.4 Å². The van der Waals surface area contributed by atoms with E-state index in [1.54, 1.807) is 12.5 Å². The van der Waals surface area contributed by atoms with Crippen LogP contribution < -0.4 is 9.64 Å². The van der Waals surface area contributed by atoms with E-state index in [4.69, 9.17) is 4.74 Å². The zero-order valence-corrected chi connectivity index (χ0v) is 16.8. The highest BCUT2D eigenvalue weighted by molar-refractivity contribution is 5.81. The minimum absolute atomic E-state index is 0.0459. The van der Waals surface area contributed by atoms with Crippen LogP contribution in [0.1, 0.15) is 37.4 Å². The van der Waals surface area contributed by atoms with Gasteiger partial charge in [0.25, 0.3) is 0 Å². The van der Waals surface area contributed by atoms with Crippen LogP contribution >= 0.6 is 0 Å². The van der Waals surface area contributed by atoms with Gasteiger partial charge in [0.15, 0.2) is 5.75 Å². The Bertz CT molecular complexity index is 872. The number of nitrogens with zero attached hydrogens (tertiary/aromatic N) is 5. The van der Waals surface area contributed by atoms with Gasteiger partial charge in [-0.05, 0) is 45.2 Å². The molecule has 5 heterocycles. The molecule has 0 radical (unpaired) electrons. The molecular formula is C21H27N5O2. The molecule has 148 valence electrons. The molecule has 0 unspecified atom stereocenters. The number of hydrogen-bond donors (Lipinski definition) is 0. The molecule has 7 nitrogen and oxygen atoms in total. The van der Waals surface area contributed by atoms with Gasteiger partial charge in [-0.3, -0.25) is 9.78 Å². The molecule has 0 spiro atoms. The summed E-state index contributed by atoms with van der Waals surface area (Å²) in [4.78, 5) is 30.3. The molecule has 2 atom stereocenters. The topological polar surface area (TPSA) is 71.5 Å². The number of rotatable bonds is 5. The molecule has 3 aliphatic heterocycles. The van der Waals surface area contributed by atoms with E-state index in [1.807, 2.05) is 26.0 Å². The van der Waals surface area contributed by atoms with Gasteiger partial charge in [-0.1, -0.05) is 6.92 Å². The van der Waals surface area contributed by atoms with Crippen LogP contribution in [0.15, 0.2) is 24.7 Å². The van der Waals surface area contributed by atoms with Crippen LogP contribution in [0.25, 0.3) is 0 Å². The predicted octanol–water partition coefficient (Wildman–Crippen LogP) is 3.12. The zero-order chi connectivity index (χ0) is 19.7. The summed E-state index contributed by atoms with van der Waals surface area (Å²) in [6.07, 6.45) is 6.30. The van der Waals surface area contributed by atoms with Crippen LogP contribution in [0.4, 0.5) is 5.82 Å². The van der Waals surface area contributed by atoms with Crippen molar-refractivity contribution < 1.29 is 9.53 Å². The van der Waals surface area contributed by atoms with Crippen LogP contribution in [-0.2, 0) is 4.79 Å². The maximum absolute atomic E-state index is 12.8. The first-order valence-corrected chi connectivity index (χ1v) is 10.0. The summed E-state index contributed by atoms with van der Waals surface area (Å²) < 4.78 is 6.04. The van der Waals surface area contributed by atoms with Crippen LogP contribution in [0.3, 0.4) is 0 Å². The van der Waals surface area contributed by atoms with Gasteiger partial charge in [0.2, 0.25) is 11.8 Å². The number of hydrogen-bond acceptors (Lipinski definition) is 6. The molecule has 0 aliphatic carbocycles. The third-order valence-corrected chi connectivity index (χ3v) is 5.73. The van der Waals surface area contributed by atoms with E-state index in [2.05, 4.69) is 31.7 Å². The molecular weight excluding hydrogens is 354 g/mol. The highest BCUT2D eigenvalue weighted by Crippen LogP contribution is 2.34. The lowest BCUT2D eigenvalue weighted by Crippen LogP contribution is -2.48. The summed E-state index contributed by atoms with van der Waals surface area (Å²) in [5.74, 6) is 2.43. The van der Waals surface area contributed by atoms with E-state index < -0.39 is 0 Å². The lowest BCUT2D eigenvalue weighted by molar-refractivity contribution is -0.139. The summed E-state index contributed by atoms with van der Waals surface area (Å²) in [5, 5.41) is 0. The molecule has 0 N–H and O–H groups in total. The Morgan fingerprint density at radius 3 is 2.82 bits per heavy atom. The third kappa shape index (κ3) is 3.41. The van der Waals surface area contributed by atoms with Crippen molar-refractivity contribution in [2.24, 2.45) is 5.92 Å². The van der Waals surface area contributed by atoms with E-state index in [0.29, 0.717) is 24.1 Å². The van der Waals surface area contributed by atoms with Crippen molar-refractivity contribution in [2.45, 2.75) is 46.1 Å². The fraction of sp³-hybridized carbons (Fsp3) is 0.524. The molecule has 2 bridgehead atoms. The second-order valence-electron chi connectivity index (χ2n) is 7.68. The van der Waals surface area contributed by atoms with Gasteiger partial charge in [0.1, 0.15) is 12.1 Å². The van der Waals surface area contributed by atoms with Crippen LogP contribution in [0.5, 0.6) is 11.6 Å². The Hall–Kier alpha value is -2.70.